The summed E-state index contributed by atoms with van der Waals surface area (Å²) >= 11 is 2.09. The second kappa shape index (κ2) is 4.63. The average molecular weight is 305 g/mol. The molecule has 1 aromatic carbocycles. The standard InChI is InChI=1S/C10H12INO2/c1-3-14-9-5-7(12)4-8(11)10(9)6(2)13/h4-5H,3,12H2,1-2H3. The molecule has 0 aliphatic heterocycles. The van der Waals surface area contributed by atoms with Crippen molar-refractivity contribution in [2.24, 2.45) is 0 Å². The molecule has 0 atom stereocenters. The van der Waals surface area contributed by atoms with Gasteiger partial charge in [0.05, 0.1) is 12.2 Å². The zero-order valence-electron chi connectivity index (χ0n) is 8.13. The number of hydrogen-bond donors (Lipinski definition) is 1. The van der Waals surface area contributed by atoms with Crippen LogP contribution in [0, 0.1) is 3.57 Å². The molecule has 4 heteroatoms. The first-order valence-corrected chi connectivity index (χ1v) is 5.37. The summed E-state index contributed by atoms with van der Waals surface area (Å²) in [4.78, 5) is 11.3. The van der Waals surface area contributed by atoms with Crippen LogP contribution in [0.1, 0.15) is 24.2 Å². The molecule has 0 aromatic heterocycles. The Morgan fingerprint density at radius 3 is 2.71 bits per heavy atom. The topological polar surface area (TPSA) is 52.3 Å². The fourth-order valence-electron chi connectivity index (χ4n) is 1.21. The molecular weight excluding hydrogens is 293 g/mol. The first-order chi connectivity index (χ1) is 6.56. The summed E-state index contributed by atoms with van der Waals surface area (Å²) in [7, 11) is 0. The molecule has 0 amide bonds. The Morgan fingerprint density at radius 2 is 2.21 bits per heavy atom. The fraction of sp³-hybridized carbons (Fsp3) is 0.300. The highest BCUT2D eigenvalue weighted by atomic mass is 127. The van der Waals surface area contributed by atoms with Gasteiger partial charge in [-0.2, -0.15) is 0 Å². The van der Waals surface area contributed by atoms with Crippen molar-refractivity contribution in [1.82, 2.24) is 0 Å². The van der Waals surface area contributed by atoms with Crippen LogP contribution in [0.15, 0.2) is 12.1 Å². The minimum atomic E-state index is -0.00199. The molecule has 1 rings (SSSR count). The van der Waals surface area contributed by atoms with Crippen molar-refractivity contribution >= 4 is 34.1 Å². The summed E-state index contributed by atoms with van der Waals surface area (Å²) in [6, 6.07) is 3.45. The number of anilines is 1. The number of halogens is 1. The third kappa shape index (κ3) is 2.37. The van der Waals surface area contributed by atoms with Crippen LogP contribution in [0.25, 0.3) is 0 Å². The van der Waals surface area contributed by atoms with Crippen LogP contribution in [-0.2, 0) is 0 Å². The third-order valence-corrected chi connectivity index (χ3v) is 2.58. The van der Waals surface area contributed by atoms with Crippen molar-refractivity contribution in [1.29, 1.82) is 0 Å². The van der Waals surface area contributed by atoms with Crippen LogP contribution < -0.4 is 10.5 Å². The zero-order valence-corrected chi connectivity index (χ0v) is 10.3. The lowest BCUT2D eigenvalue weighted by Gasteiger charge is -2.10. The number of carbonyl (C=O) groups is 1. The van der Waals surface area contributed by atoms with E-state index in [2.05, 4.69) is 22.6 Å². The first kappa shape index (κ1) is 11.3. The van der Waals surface area contributed by atoms with Gasteiger partial charge in [-0.3, -0.25) is 4.79 Å². The molecule has 0 bridgehead atoms. The lowest BCUT2D eigenvalue weighted by molar-refractivity contribution is 0.101. The SMILES string of the molecule is CCOc1cc(N)cc(I)c1C(C)=O. The molecule has 0 spiro atoms. The van der Waals surface area contributed by atoms with E-state index in [1.165, 1.54) is 6.92 Å². The Kier molecular flexibility index (Phi) is 3.74. The second-order valence-electron chi connectivity index (χ2n) is 2.87. The van der Waals surface area contributed by atoms with Gasteiger partial charge in [-0.1, -0.05) is 0 Å². The number of ether oxygens (including phenoxy) is 1. The summed E-state index contributed by atoms with van der Waals surface area (Å²) < 4.78 is 6.19. The van der Waals surface area contributed by atoms with Gasteiger partial charge in [-0.05, 0) is 42.5 Å². The highest BCUT2D eigenvalue weighted by Gasteiger charge is 2.13. The summed E-state index contributed by atoms with van der Waals surface area (Å²) in [5, 5.41) is 0. The number of rotatable bonds is 3. The van der Waals surface area contributed by atoms with Gasteiger partial charge < -0.3 is 10.5 Å². The Hall–Kier alpha value is -0.780. The normalized spacial score (nSPS) is 9.93. The predicted molar refractivity (Wildman–Crippen MR) is 64.7 cm³/mol. The van der Waals surface area contributed by atoms with E-state index in [0.29, 0.717) is 23.6 Å². The van der Waals surface area contributed by atoms with Crippen molar-refractivity contribution < 1.29 is 9.53 Å². The van der Waals surface area contributed by atoms with Gasteiger partial charge >= 0.3 is 0 Å². The van der Waals surface area contributed by atoms with Crippen molar-refractivity contribution in [3.63, 3.8) is 0 Å². The molecule has 3 nitrogen and oxygen atoms in total. The van der Waals surface area contributed by atoms with Gasteiger partial charge in [-0.15, -0.1) is 0 Å². The van der Waals surface area contributed by atoms with Crippen molar-refractivity contribution in [2.45, 2.75) is 13.8 Å². The van der Waals surface area contributed by atoms with Gasteiger partial charge in [0.15, 0.2) is 5.78 Å². The monoisotopic (exact) mass is 305 g/mol. The summed E-state index contributed by atoms with van der Waals surface area (Å²) in [6.45, 7) is 3.93. The molecule has 0 fully saturated rings. The molecule has 0 unspecified atom stereocenters. The number of carbonyl (C=O) groups excluding carboxylic acids is 1. The lowest BCUT2D eigenvalue weighted by Crippen LogP contribution is -2.04. The van der Waals surface area contributed by atoms with Crippen LogP contribution in [-0.4, -0.2) is 12.4 Å². The van der Waals surface area contributed by atoms with E-state index in [0.717, 1.165) is 3.57 Å². The second-order valence-corrected chi connectivity index (χ2v) is 4.03. The largest absolute Gasteiger partial charge is 0.493 e. The van der Waals surface area contributed by atoms with Gasteiger partial charge in [0.1, 0.15) is 5.75 Å². The predicted octanol–water partition coefficient (Wildman–Crippen LogP) is 2.47. The van der Waals surface area contributed by atoms with Crippen LogP contribution >= 0.6 is 22.6 Å². The third-order valence-electron chi connectivity index (χ3n) is 1.73. The van der Waals surface area contributed by atoms with Crippen molar-refractivity contribution in [3.8, 4) is 5.75 Å². The number of nitrogen functional groups attached to an aromatic ring is 1. The molecule has 76 valence electrons. The smallest absolute Gasteiger partial charge is 0.164 e. The summed E-state index contributed by atoms with van der Waals surface area (Å²) in [5.74, 6) is 0.572. The van der Waals surface area contributed by atoms with E-state index in [1.807, 2.05) is 6.92 Å². The summed E-state index contributed by atoms with van der Waals surface area (Å²) in [5.41, 5.74) is 6.89. The van der Waals surface area contributed by atoms with Crippen LogP contribution in [0.4, 0.5) is 5.69 Å². The molecule has 0 heterocycles. The van der Waals surface area contributed by atoms with Gasteiger partial charge in [0.25, 0.3) is 0 Å². The Morgan fingerprint density at radius 1 is 1.57 bits per heavy atom. The van der Waals surface area contributed by atoms with E-state index in [9.17, 15) is 4.79 Å². The number of ketones is 1. The first-order valence-electron chi connectivity index (χ1n) is 4.29. The molecule has 0 saturated heterocycles. The lowest BCUT2D eigenvalue weighted by atomic mass is 10.1. The number of nitrogens with two attached hydrogens (primary N) is 1. The number of Topliss-reactive ketones (excluding diaryl/α,β-unsaturated/α-hetero) is 1. The van der Waals surface area contributed by atoms with E-state index in [1.54, 1.807) is 12.1 Å². The highest BCUT2D eigenvalue weighted by molar-refractivity contribution is 14.1. The maximum absolute atomic E-state index is 11.3. The minimum Gasteiger partial charge on any atom is -0.493 e. The Balaban J connectivity index is 3.28. The summed E-state index contributed by atoms with van der Waals surface area (Å²) in [6.07, 6.45) is 0. The quantitative estimate of drug-likeness (QED) is 0.530. The molecular formula is C10H12INO2. The molecule has 0 aliphatic rings. The molecule has 0 radical (unpaired) electrons. The molecule has 1 aromatic rings. The highest BCUT2D eigenvalue weighted by Crippen LogP contribution is 2.27. The van der Waals surface area contributed by atoms with E-state index in [-0.39, 0.29) is 5.78 Å². The Labute approximate surface area is 96.8 Å². The van der Waals surface area contributed by atoms with Crippen LogP contribution in [0.5, 0.6) is 5.75 Å². The minimum absolute atomic E-state index is 0.00199. The van der Waals surface area contributed by atoms with E-state index >= 15 is 0 Å². The van der Waals surface area contributed by atoms with Gasteiger partial charge in [0, 0.05) is 15.3 Å². The van der Waals surface area contributed by atoms with Crippen LogP contribution in [0.2, 0.25) is 0 Å². The molecule has 0 saturated carbocycles. The fourth-order valence-corrected chi connectivity index (χ4v) is 2.22. The van der Waals surface area contributed by atoms with E-state index < -0.39 is 0 Å². The van der Waals surface area contributed by atoms with E-state index in [4.69, 9.17) is 10.5 Å². The maximum Gasteiger partial charge on any atom is 0.164 e. The van der Waals surface area contributed by atoms with Gasteiger partial charge in [0.2, 0.25) is 0 Å². The zero-order chi connectivity index (χ0) is 10.7. The van der Waals surface area contributed by atoms with Gasteiger partial charge in [-0.25, -0.2) is 0 Å². The Bertz CT molecular complexity index is 363. The molecule has 2 N–H and O–H groups in total. The number of benzene rings is 1. The average Bonchev–Trinajstić information content (AvgIpc) is 2.01. The van der Waals surface area contributed by atoms with Crippen LogP contribution in [0.3, 0.4) is 0 Å². The molecule has 14 heavy (non-hydrogen) atoms. The van der Waals surface area contributed by atoms with Crippen molar-refractivity contribution in [2.75, 3.05) is 12.3 Å². The maximum atomic E-state index is 11.3. The number of hydrogen-bond acceptors (Lipinski definition) is 3. The molecule has 0 aliphatic carbocycles. The van der Waals surface area contributed by atoms with Crippen molar-refractivity contribution in [3.05, 3.63) is 21.3 Å².